The maximum Gasteiger partial charge on any atom is 0.421 e. The second-order valence-electron chi connectivity index (χ2n) is 11.8. The molecule has 0 saturated carbocycles. The Morgan fingerprint density at radius 3 is 1.91 bits per heavy atom. The maximum absolute atomic E-state index is 14.9. The molecular weight excluding hydrogens is 564 g/mol. The minimum Gasteiger partial charge on any atom is -0.443 e. The number of Topliss-reactive ketones (excluding diaryl/α,β-unsaturated/α-hetero) is 2. The number of hydrogen-bond donors (Lipinski definition) is 0. The molecule has 224 valence electrons. The molecule has 0 aliphatic carbocycles. The summed E-state index contributed by atoms with van der Waals surface area (Å²) in [6.07, 6.45) is -1.39. The zero-order chi connectivity index (χ0) is 31.6. The van der Waals surface area contributed by atoms with Gasteiger partial charge >= 0.3 is 6.09 Å². The standard InChI is InChI=1S/C36H31F2NO5/c1-35(2,3)44-34(43)39-30-12-8-7-11-28(30)36(33(39)42,22-23-9-5-4-6-10-23)29(32(41)25-15-19-27(38)20-16-25)21-31(40)24-13-17-26(37)18-14-24/h4-20,29H,21-22H2,1-3H3/t29-,36+/m1/s1. The second-order valence-corrected chi connectivity index (χ2v) is 11.8. The number of fused-ring (bicyclic) bond motifs is 1. The fraction of sp³-hybridized carbons (Fsp3) is 0.222. The van der Waals surface area contributed by atoms with Crippen LogP contribution in [0.4, 0.5) is 19.3 Å². The molecule has 0 spiro atoms. The van der Waals surface area contributed by atoms with Crippen LogP contribution in [-0.2, 0) is 21.4 Å². The topological polar surface area (TPSA) is 80.8 Å². The van der Waals surface area contributed by atoms with E-state index in [2.05, 4.69) is 0 Å². The van der Waals surface area contributed by atoms with Gasteiger partial charge in [-0.1, -0.05) is 48.5 Å². The number of imide groups is 1. The molecule has 0 aromatic heterocycles. The van der Waals surface area contributed by atoms with Crippen molar-refractivity contribution >= 4 is 29.3 Å². The molecule has 44 heavy (non-hydrogen) atoms. The molecule has 4 aromatic rings. The third-order valence-corrected chi connectivity index (χ3v) is 7.71. The molecule has 4 aromatic carbocycles. The van der Waals surface area contributed by atoms with Gasteiger partial charge in [-0.3, -0.25) is 14.4 Å². The fourth-order valence-electron chi connectivity index (χ4n) is 5.75. The Hall–Kier alpha value is -4.98. The van der Waals surface area contributed by atoms with Gasteiger partial charge in [-0.15, -0.1) is 0 Å². The average molecular weight is 596 g/mol. The Kier molecular flexibility index (Phi) is 8.28. The number of halogens is 2. The summed E-state index contributed by atoms with van der Waals surface area (Å²) in [7, 11) is 0. The minimum atomic E-state index is -1.74. The number of ketones is 2. The van der Waals surface area contributed by atoms with E-state index < -0.39 is 58.6 Å². The molecule has 0 saturated heterocycles. The summed E-state index contributed by atoms with van der Waals surface area (Å²) in [5.41, 5.74) is -1.11. The summed E-state index contributed by atoms with van der Waals surface area (Å²) in [6.45, 7) is 5.03. The molecule has 0 N–H and O–H groups in total. The van der Waals surface area contributed by atoms with E-state index >= 15 is 0 Å². The predicted molar refractivity (Wildman–Crippen MR) is 162 cm³/mol. The monoisotopic (exact) mass is 595 g/mol. The molecule has 1 aliphatic rings. The molecule has 8 heteroatoms. The highest BCUT2D eigenvalue weighted by molar-refractivity contribution is 6.23. The Morgan fingerprint density at radius 1 is 0.773 bits per heavy atom. The van der Waals surface area contributed by atoms with Crippen LogP contribution < -0.4 is 4.90 Å². The summed E-state index contributed by atoms with van der Waals surface area (Å²) in [6, 6.07) is 25.4. The number of para-hydroxylation sites is 1. The first-order valence-corrected chi connectivity index (χ1v) is 14.2. The van der Waals surface area contributed by atoms with Crippen LogP contribution in [0.5, 0.6) is 0 Å². The first kappa shape index (κ1) is 30.5. The number of nitrogens with zero attached hydrogens (tertiary/aromatic N) is 1. The van der Waals surface area contributed by atoms with Gasteiger partial charge in [-0.05, 0) is 92.9 Å². The lowest BCUT2D eigenvalue weighted by Crippen LogP contribution is -2.52. The number of carbonyl (C=O) groups excluding carboxylic acids is 4. The summed E-state index contributed by atoms with van der Waals surface area (Å²) in [4.78, 5) is 57.7. The van der Waals surface area contributed by atoms with Crippen LogP contribution in [0, 0.1) is 17.6 Å². The minimum absolute atomic E-state index is 0.0305. The lowest BCUT2D eigenvalue weighted by atomic mass is 9.63. The fourth-order valence-corrected chi connectivity index (χ4v) is 5.75. The molecular formula is C36H31F2NO5. The van der Waals surface area contributed by atoms with Crippen LogP contribution in [0.25, 0.3) is 0 Å². The maximum atomic E-state index is 14.9. The number of hydrogen-bond acceptors (Lipinski definition) is 5. The summed E-state index contributed by atoms with van der Waals surface area (Å²) in [5, 5.41) is 0. The third-order valence-electron chi connectivity index (χ3n) is 7.71. The third kappa shape index (κ3) is 5.93. The van der Waals surface area contributed by atoms with E-state index in [1.54, 1.807) is 69.3 Å². The van der Waals surface area contributed by atoms with E-state index in [-0.39, 0.29) is 23.2 Å². The largest absolute Gasteiger partial charge is 0.443 e. The highest BCUT2D eigenvalue weighted by Crippen LogP contribution is 2.51. The van der Waals surface area contributed by atoms with Gasteiger partial charge in [-0.25, -0.2) is 18.5 Å². The summed E-state index contributed by atoms with van der Waals surface area (Å²) < 4.78 is 33.2. The van der Waals surface area contributed by atoms with E-state index in [0.717, 1.165) is 29.2 Å². The molecule has 5 rings (SSSR count). The Labute approximate surface area is 254 Å². The zero-order valence-electron chi connectivity index (χ0n) is 24.6. The summed E-state index contributed by atoms with van der Waals surface area (Å²) >= 11 is 0. The average Bonchev–Trinajstić information content (AvgIpc) is 3.23. The van der Waals surface area contributed by atoms with Crippen molar-refractivity contribution in [2.24, 2.45) is 5.92 Å². The van der Waals surface area contributed by atoms with Crippen LogP contribution in [0.2, 0.25) is 0 Å². The van der Waals surface area contributed by atoms with Crippen LogP contribution in [0.3, 0.4) is 0 Å². The highest BCUT2D eigenvalue weighted by Gasteiger charge is 2.60. The van der Waals surface area contributed by atoms with E-state index in [1.807, 2.05) is 6.07 Å². The van der Waals surface area contributed by atoms with Crippen LogP contribution in [0.15, 0.2) is 103 Å². The first-order valence-electron chi connectivity index (χ1n) is 14.2. The molecule has 0 unspecified atom stereocenters. The van der Waals surface area contributed by atoms with Crippen LogP contribution in [0.1, 0.15) is 59.0 Å². The van der Waals surface area contributed by atoms with Crippen molar-refractivity contribution in [3.8, 4) is 0 Å². The number of anilines is 1. The van der Waals surface area contributed by atoms with Gasteiger partial charge in [-0.2, -0.15) is 0 Å². The molecule has 0 radical (unpaired) electrons. The molecule has 2 amide bonds. The Bertz CT molecular complexity index is 1710. The van der Waals surface area contributed by atoms with E-state index in [4.69, 9.17) is 4.74 Å². The molecule has 1 aliphatic heterocycles. The van der Waals surface area contributed by atoms with Gasteiger partial charge in [0, 0.05) is 23.5 Å². The van der Waals surface area contributed by atoms with Crippen molar-refractivity contribution in [1.82, 2.24) is 0 Å². The van der Waals surface area contributed by atoms with Gasteiger partial charge in [0.05, 0.1) is 11.1 Å². The van der Waals surface area contributed by atoms with Crippen molar-refractivity contribution in [2.45, 2.75) is 44.6 Å². The number of benzene rings is 4. The van der Waals surface area contributed by atoms with Crippen molar-refractivity contribution in [2.75, 3.05) is 4.90 Å². The molecule has 2 atom stereocenters. The van der Waals surface area contributed by atoms with Crippen molar-refractivity contribution in [1.29, 1.82) is 0 Å². The van der Waals surface area contributed by atoms with Gasteiger partial charge < -0.3 is 4.74 Å². The van der Waals surface area contributed by atoms with Gasteiger partial charge in [0.1, 0.15) is 17.2 Å². The second kappa shape index (κ2) is 12.0. The van der Waals surface area contributed by atoms with Gasteiger partial charge in [0.25, 0.3) is 0 Å². The van der Waals surface area contributed by atoms with Crippen molar-refractivity contribution < 1.29 is 32.7 Å². The van der Waals surface area contributed by atoms with Crippen molar-refractivity contribution in [3.63, 3.8) is 0 Å². The SMILES string of the molecule is CC(C)(C)OC(=O)N1C(=O)[C@](Cc2ccccc2)([C@H](CC(=O)c2ccc(F)cc2)C(=O)c2ccc(F)cc2)c2ccccc21. The smallest absolute Gasteiger partial charge is 0.421 e. The highest BCUT2D eigenvalue weighted by atomic mass is 19.1. The zero-order valence-corrected chi connectivity index (χ0v) is 24.6. The summed E-state index contributed by atoms with van der Waals surface area (Å²) in [5.74, 6) is -4.23. The number of carbonyl (C=O) groups is 4. The van der Waals surface area contributed by atoms with Gasteiger partial charge in [0.15, 0.2) is 11.6 Å². The molecule has 0 fully saturated rings. The molecule has 0 bridgehead atoms. The number of amides is 2. The van der Waals surface area contributed by atoms with Crippen molar-refractivity contribution in [3.05, 3.63) is 137 Å². The Balaban J connectivity index is 1.74. The first-order chi connectivity index (χ1) is 20.9. The van der Waals surface area contributed by atoms with E-state index in [1.165, 1.54) is 24.3 Å². The lowest BCUT2D eigenvalue weighted by Gasteiger charge is -2.36. The number of ether oxygens (including phenoxy) is 1. The van der Waals surface area contributed by atoms with E-state index in [9.17, 15) is 28.0 Å². The lowest BCUT2D eigenvalue weighted by molar-refractivity contribution is -0.124. The Morgan fingerprint density at radius 2 is 1.32 bits per heavy atom. The predicted octanol–water partition coefficient (Wildman–Crippen LogP) is 7.50. The normalized spacial score (nSPS) is 16.8. The van der Waals surface area contributed by atoms with Crippen LogP contribution >= 0.6 is 0 Å². The van der Waals surface area contributed by atoms with Gasteiger partial charge in [0.2, 0.25) is 5.91 Å². The molecule has 1 heterocycles. The number of rotatable bonds is 8. The quantitative estimate of drug-likeness (QED) is 0.197. The van der Waals surface area contributed by atoms with E-state index in [0.29, 0.717) is 11.1 Å². The molecule has 6 nitrogen and oxygen atoms in total. The van der Waals surface area contributed by atoms with Crippen LogP contribution in [-0.4, -0.2) is 29.2 Å².